The molecule has 0 aliphatic carbocycles. The van der Waals surface area contributed by atoms with Crippen LogP contribution in [0.1, 0.15) is 10.4 Å². The summed E-state index contributed by atoms with van der Waals surface area (Å²) in [7, 11) is 2.93. The molecule has 0 aliphatic heterocycles. The molecule has 2 rings (SSSR count). The number of anilines is 1. The van der Waals surface area contributed by atoms with Gasteiger partial charge in [0.05, 0.1) is 19.8 Å². The van der Waals surface area contributed by atoms with E-state index in [2.05, 4.69) is 10.3 Å². The highest BCUT2D eigenvalue weighted by Gasteiger charge is 2.19. The van der Waals surface area contributed by atoms with Crippen molar-refractivity contribution >= 4 is 29.3 Å². The summed E-state index contributed by atoms with van der Waals surface area (Å²) in [5, 5.41) is 2.36. The number of methoxy groups -OCH3 is 2. The predicted molar refractivity (Wildman–Crippen MR) is 94.6 cm³/mol. The molecule has 0 saturated carbocycles. The highest BCUT2D eigenvalue weighted by molar-refractivity contribution is 7.99. The molecule has 0 saturated heterocycles. The molecule has 0 fully saturated rings. The van der Waals surface area contributed by atoms with E-state index in [1.54, 1.807) is 12.1 Å². The molecule has 0 aliphatic rings. The van der Waals surface area contributed by atoms with Crippen LogP contribution >= 0.6 is 11.8 Å². The van der Waals surface area contributed by atoms with Crippen LogP contribution in [0.3, 0.4) is 0 Å². The van der Waals surface area contributed by atoms with Crippen LogP contribution in [-0.4, -0.2) is 43.4 Å². The molecular weight excluding hydrogens is 382 g/mol. The van der Waals surface area contributed by atoms with Crippen molar-refractivity contribution in [2.45, 2.75) is 10.8 Å². The molecule has 1 N–H and O–H groups in total. The highest BCUT2D eigenvalue weighted by Crippen LogP contribution is 2.30. The first kappa shape index (κ1) is 20.4. The van der Waals surface area contributed by atoms with E-state index < -0.39 is 24.2 Å². The number of alkyl halides is 2. The standard InChI is InChI=1S/C17H16F2N2O5S/c1-24-12-6-5-10(8-13(12)25-2)21-14(22)9-26-16(23)11-4-3-7-20-15(11)27-17(18)19/h3-8,17H,9H2,1-2H3,(H,21,22). The van der Waals surface area contributed by atoms with Gasteiger partial charge in [0.1, 0.15) is 5.03 Å². The van der Waals surface area contributed by atoms with Crippen LogP contribution in [0, 0.1) is 0 Å². The zero-order valence-corrected chi connectivity index (χ0v) is 15.2. The lowest BCUT2D eigenvalue weighted by atomic mass is 10.2. The SMILES string of the molecule is COc1ccc(NC(=O)COC(=O)c2cccnc2SC(F)F)cc1OC. The maximum atomic E-state index is 12.5. The van der Waals surface area contributed by atoms with Crippen molar-refractivity contribution in [2.75, 3.05) is 26.1 Å². The van der Waals surface area contributed by atoms with Crippen LogP contribution in [0.25, 0.3) is 0 Å². The van der Waals surface area contributed by atoms with Crippen molar-refractivity contribution in [3.63, 3.8) is 0 Å². The first-order valence-electron chi connectivity index (χ1n) is 7.53. The maximum absolute atomic E-state index is 12.5. The van der Waals surface area contributed by atoms with E-state index in [9.17, 15) is 18.4 Å². The van der Waals surface area contributed by atoms with Gasteiger partial charge in [0, 0.05) is 18.0 Å². The van der Waals surface area contributed by atoms with Crippen LogP contribution in [0.2, 0.25) is 0 Å². The van der Waals surface area contributed by atoms with Crippen LogP contribution in [0.4, 0.5) is 14.5 Å². The monoisotopic (exact) mass is 398 g/mol. The number of esters is 1. The third kappa shape index (κ3) is 5.81. The van der Waals surface area contributed by atoms with Gasteiger partial charge in [-0.25, -0.2) is 9.78 Å². The average Bonchev–Trinajstić information content (AvgIpc) is 2.66. The fourth-order valence-corrected chi connectivity index (χ4v) is 2.61. The predicted octanol–water partition coefficient (Wildman–Crippen LogP) is 3.21. The van der Waals surface area contributed by atoms with E-state index in [0.29, 0.717) is 17.2 Å². The Kier molecular flexibility index (Phi) is 7.35. The van der Waals surface area contributed by atoms with Crippen molar-refractivity contribution in [3.8, 4) is 11.5 Å². The second-order valence-electron chi connectivity index (χ2n) is 4.93. The molecule has 0 spiro atoms. The molecule has 0 atom stereocenters. The average molecular weight is 398 g/mol. The molecule has 1 heterocycles. The molecule has 1 aromatic heterocycles. The number of aromatic nitrogens is 1. The smallest absolute Gasteiger partial charge is 0.341 e. The van der Waals surface area contributed by atoms with Gasteiger partial charge in [0.15, 0.2) is 18.1 Å². The number of nitrogens with zero attached hydrogens (tertiary/aromatic N) is 1. The number of ether oxygens (including phenoxy) is 3. The Balaban J connectivity index is 1.97. The lowest BCUT2D eigenvalue weighted by Gasteiger charge is -2.11. The number of pyridine rings is 1. The summed E-state index contributed by atoms with van der Waals surface area (Å²) in [4.78, 5) is 27.7. The van der Waals surface area contributed by atoms with Crippen LogP contribution in [-0.2, 0) is 9.53 Å². The number of nitrogens with one attached hydrogen (secondary N) is 1. The first-order chi connectivity index (χ1) is 12.9. The summed E-state index contributed by atoms with van der Waals surface area (Å²) in [6.45, 7) is -0.596. The van der Waals surface area contributed by atoms with E-state index in [4.69, 9.17) is 14.2 Å². The second-order valence-corrected chi connectivity index (χ2v) is 5.91. The highest BCUT2D eigenvalue weighted by atomic mass is 32.2. The quantitative estimate of drug-likeness (QED) is 0.540. The van der Waals surface area contributed by atoms with E-state index in [1.807, 2.05) is 0 Å². The zero-order chi connectivity index (χ0) is 19.8. The van der Waals surface area contributed by atoms with Gasteiger partial charge in [-0.15, -0.1) is 0 Å². The van der Waals surface area contributed by atoms with E-state index in [-0.39, 0.29) is 22.4 Å². The van der Waals surface area contributed by atoms with Gasteiger partial charge in [-0.3, -0.25) is 4.79 Å². The van der Waals surface area contributed by atoms with E-state index >= 15 is 0 Å². The van der Waals surface area contributed by atoms with Gasteiger partial charge in [-0.1, -0.05) is 0 Å². The molecule has 10 heteroatoms. The van der Waals surface area contributed by atoms with Gasteiger partial charge in [0.25, 0.3) is 11.7 Å². The molecule has 0 radical (unpaired) electrons. The summed E-state index contributed by atoms with van der Waals surface area (Å²) >= 11 is 0.126. The number of carbonyl (C=O) groups is 2. The van der Waals surface area contributed by atoms with Gasteiger partial charge in [-0.05, 0) is 36.0 Å². The number of rotatable bonds is 8. The van der Waals surface area contributed by atoms with Crippen molar-refractivity contribution < 1.29 is 32.6 Å². The molecule has 27 heavy (non-hydrogen) atoms. The van der Waals surface area contributed by atoms with Gasteiger partial charge in [-0.2, -0.15) is 8.78 Å². The Labute approximate surface area is 158 Å². The number of hydrogen-bond donors (Lipinski definition) is 1. The number of amides is 1. The summed E-state index contributed by atoms with van der Waals surface area (Å²) < 4.78 is 40.1. The molecule has 2 aromatic rings. The minimum Gasteiger partial charge on any atom is -0.493 e. The Morgan fingerprint density at radius 2 is 1.93 bits per heavy atom. The van der Waals surface area contributed by atoms with Crippen molar-refractivity contribution in [1.29, 1.82) is 0 Å². The van der Waals surface area contributed by atoms with Gasteiger partial charge < -0.3 is 19.5 Å². The third-order valence-corrected chi connectivity index (χ3v) is 3.92. The molecule has 144 valence electrons. The van der Waals surface area contributed by atoms with Gasteiger partial charge in [0.2, 0.25) is 0 Å². The summed E-state index contributed by atoms with van der Waals surface area (Å²) in [6, 6.07) is 7.43. The fourth-order valence-electron chi connectivity index (χ4n) is 2.04. The molecule has 0 bridgehead atoms. The zero-order valence-electron chi connectivity index (χ0n) is 14.4. The fraction of sp³-hybridized carbons (Fsp3) is 0.235. The molecule has 1 amide bonds. The van der Waals surface area contributed by atoms with E-state index in [0.717, 1.165) is 0 Å². The number of benzene rings is 1. The van der Waals surface area contributed by atoms with Gasteiger partial charge >= 0.3 is 5.97 Å². The Hall–Kier alpha value is -2.88. The van der Waals surface area contributed by atoms with Crippen LogP contribution in [0.15, 0.2) is 41.6 Å². The molecule has 1 aromatic carbocycles. The molecular formula is C17H16F2N2O5S. The maximum Gasteiger partial charge on any atom is 0.341 e. The molecule has 0 unspecified atom stereocenters. The molecule has 7 nitrogen and oxygen atoms in total. The second kappa shape index (κ2) is 9.72. The Bertz CT molecular complexity index is 820. The van der Waals surface area contributed by atoms with Crippen molar-refractivity contribution in [3.05, 3.63) is 42.1 Å². The van der Waals surface area contributed by atoms with Crippen LogP contribution in [0.5, 0.6) is 11.5 Å². The first-order valence-corrected chi connectivity index (χ1v) is 8.41. The lowest BCUT2D eigenvalue weighted by molar-refractivity contribution is -0.119. The summed E-state index contributed by atoms with van der Waals surface area (Å²) in [5.74, 6) is -3.37. The number of thioether (sulfide) groups is 1. The number of carbonyl (C=O) groups excluding carboxylic acids is 2. The topological polar surface area (TPSA) is 86.8 Å². The minimum atomic E-state index is -2.74. The van der Waals surface area contributed by atoms with E-state index in [1.165, 1.54) is 38.6 Å². The number of halogens is 2. The largest absolute Gasteiger partial charge is 0.493 e. The summed E-state index contributed by atoms with van der Waals surface area (Å²) in [6.07, 6.45) is 1.28. The Morgan fingerprint density at radius 3 is 2.59 bits per heavy atom. The lowest BCUT2D eigenvalue weighted by Crippen LogP contribution is -2.21. The van der Waals surface area contributed by atoms with Crippen LogP contribution < -0.4 is 14.8 Å². The Morgan fingerprint density at radius 1 is 1.19 bits per heavy atom. The summed E-state index contributed by atoms with van der Waals surface area (Å²) in [5.41, 5.74) is 0.269. The normalized spacial score (nSPS) is 10.4. The van der Waals surface area contributed by atoms with Crippen molar-refractivity contribution in [1.82, 2.24) is 4.98 Å². The number of hydrogen-bond acceptors (Lipinski definition) is 7. The minimum absolute atomic E-state index is 0.126. The third-order valence-electron chi connectivity index (χ3n) is 3.19. The van der Waals surface area contributed by atoms with Crippen molar-refractivity contribution in [2.24, 2.45) is 0 Å².